The van der Waals surface area contributed by atoms with E-state index in [-0.39, 0.29) is 18.0 Å². The van der Waals surface area contributed by atoms with Crippen LogP contribution in [0.5, 0.6) is 0 Å². The lowest BCUT2D eigenvalue weighted by atomic mass is 9.82. The van der Waals surface area contributed by atoms with Crippen molar-refractivity contribution >= 4 is 17.6 Å². The number of aliphatic hydroxyl groups is 1. The summed E-state index contributed by atoms with van der Waals surface area (Å²) in [6.45, 7) is 1.81. The Morgan fingerprint density at radius 3 is 2.76 bits per heavy atom. The second-order valence-electron chi connectivity index (χ2n) is 5.91. The SMILES string of the molecule is COC(=O)C(C)c1ccc(C[C@@H]2CCCC[C@H]2O)c(Cl)c1. The van der Waals surface area contributed by atoms with Gasteiger partial charge in [-0.25, -0.2) is 0 Å². The summed E-state index contributed by atoms with van der Waals surface area (Å²) in [5.41, 5.74) is 1.91. The van der Waals surface area contributed by atoms with Gasteiger partial charge in [0.25, 0.3) is 0 Å². The molecule has 0 saturated heterocycles. The first-order valence-electron chi connectivity index (χ1n) is 7.57. The number of aliphatic hydroxyl groups excluding tert-OH is 1. The van der Waals surface area contributed by atoms with Gasteiger partial charge in [-0.3, -0.25) is 4.79 Å². The van der Waals surface area contributed by atoms with Crippen molar-refractivity contribution in [3.8, 4) is 0 Å². The number of carbonyl (C=O) groups excluding carboxylic acids is 1. The first-order valence-corrected chi connectivity index (χ1v) is 7.95. The Kier molecular flexibility index (Phi) is 5.65. The minimum atomic E-state index is -0.318. The van der Waals surface area contributed by atoms with Crippen molar-refractivity contribution in [3.05, 3.63) is 34.3 Å². The summed E-state index contributed by atoms with van der Waals surface area (Å²) in [4.78, 5) is 11.6. The zero-order chi connectivity index (χ0) is 15.4. The molecule has 21 heavy (non-hydrogen) atoms. The van der Waals surface area contributed by atoms with Crippen LogP contribution < -0.4 is 0 Å². The van der Waals surface area contributed by atoms with E-state index in [1.165, 1.54) is 13.5 Å². The topological polar surface area (TPSA) is 46.5 Å². The van der Waals surface area contributed by atoms with Crippen molar-refractivity contribution in [1.82, 2.24) is 0 Å². The van der Waals surface area contributed by atoms with Gasteiger partial charge in [-0.05, 0) is 49.3 Å². The molecule has 1 fully saturated rings. The van der Waals surface area contributed by atoms with Gasteiger partial charge in [0.1, 0.15) is 0 Å². The summed E-state index contributed by atoms with van der Waals surface area (Å²) in [5.74, 6) is -0.288. The van der Waals surface area contributed by atoms with Crippen LogP contribution in [-0.2, 0) is 16.0 Å². The van der Waals surface area contributed by atoms with Crippen molar-refractivity contribution < 1.29 is 14.6 Å². The van der Waals surface area contributed by atoms with Crippen LogP contribution in [0.15, 0.2) is 18.2 Å². The Labute approximate surface area is 131 Å². The Balaban J connectivity index is 2.10. The highest BCUT2D eigenvalue weighted by molar-refractivity contribution is 6.31. The molecule has 1 saturated carbocycles. The van der Waals surface area contributed by atoms with Crippen LogP contribution in [0.1, 0.15) is 49.7 Å². The fourth-order valence-electron chi connectivity index (χ4n) is 3.02. The molecule has 0 aromatic heterocycles. The largest absolute Gasteiger partial charge is 0.469 e. The van der Waals surface area contributed by atoms with E-state index in [0.29, 0.717) is 10.9 Å². The lowest BCUT2D eigenvalue weighted by Gasteiger charge is -2.28. The Bertz CT molecular complexity index is 501. The standard InChI is InChI=1S/C17H23ClO3/c1-11(17(20)21-2)12-7-8-13(15(18)10-12)9-14-5-3-4-6-16(14)19/h7-8,10-11,14,16,19H,3-6,9H2,1-2H3/t11?,14-,16+/m0/s1. The molecule has 3 nitrogen and oxygen atoms in total. The lowest BCUT2D eigenvalue weighted by Crippen LogP contribution is -2.26. The van der Waals surface area contributed by atoms with Gasteiger partial charge in [0, 0.05) is 5.02 Å². The Hall–Kier alpha value is -1.06. The molecule has 2 rings (SSSR count). The van der Waals surface area contributed by atoms with Crippen LogP contribution in [0.4, 0.5) is 0 Å². The second kappa shape index (κ2) is 7.28. The average Bonchev–Trinajstić information content (AvgIpc) is 2.49. The molecule has 4 heteroatoms. The van der Waals surface area contributed by atoms with E-state index in [4.69, 9.17) is 16.3 Å². The number of esters is 1. The van der Waals surface area contributed by atoms with E-state index in [2.05, 4.69) is 0 Å². The summed E-state index contributed by atoms with van der Waals surface area (Å²) >= 11 is 6.35. The number of rotatable bonds is 4. The maximum atomic E-state index is 11.6. The maximum Gasteiger partial charge on any atom is 0.312 e. The fourth-order valence-corrected chi connectivity index (χ4v) is 3.29. The number of ether oxygens (including phenoxy) is 1. The van der Waals surface area contributed by atoms with Crippen LogP contribution in [0.2, 0.25) is 5.02 Å². The molecule has 3 atom stereocenters. The molecule has 1 aromatic rings. The third-order valence-corrected chi connectivity index (χ3v) is 4.83. The Morgan fingerprint density at radius 2 is 2.14 bits per heavy atom. The number of hydrogen-bond donors (Lipinski definition) is 1. The number of halogens is 1. The minimum Gasteiger partial charge on any atom is -0.469 e. The number of benzene rings is 1. The molecule has 0 heterocycles. The van der Waals surface area contributed by atoms with Crippen LogP contribution in [0, 0.1) is 5.92 Å². The molecule has 0 aliphatic heterocycles. The van der Waals surface area contributed by atoms with Crippen molar-refractivity contribution in [2.24, 2.45) is 5.92 Å². The van der Waals surface area contributed by atoms with E-state index >= 15 is 0 Å². The molecule has 1 N–H and O–H groups in total. The molecule has 0 bridgehead atoms. The monoisotopic (exact) mass is 310 g/mol. The molecule has 0 radical (unpaired) electrons. The molecule has 1 unspecified atom stereocenters. The van der Waals surface area contributed by atoms with Gasteiger partial charge >= 0.3 is 5.97 Å². The van der Waals surface area contributed by atoms with E-state index in [1.807, 2.05) is 25.1 Å². The lowest BCUT2D eigenvalue weighted by molar-refractivity contribution is -0.141. The normalized spacial score (nSPS) is 23.6. The smallest absolute Gasteiger partial charge is 0.312 e. The van der Waals surface area contributed by atoms with Gasteiger partial charge in [0.15, 0.2) is 0 Å². The van der Waals surface area contributed by atoms with Crippen LogP contribution in [-0.4, -0.2) is 24.3 Å². The third-order valence-electron chi connectivity index (χ3n) is 4.48. The molecule has 1 aliphatic rings. The average molecular weight is 311 g/mol. The van der Waals surface area contributed by atoms with Crippen molar-refractivity contribution in [3.63, 3.8) is 0 Å². The zero-order valence-corrected chi connectivity index (χ0v) is 13.4. The van der Waals surface area contributed by atoms with Crippen LogP contribution >= 0.6 is 11.6 Å². The van der Waals surface area contributed by atoms with Crippen molar-refractivity contribution in [2.75, 3.05) is 7.11 Å². The summed E-state index contributed by atoms with van der Waals surface area (Å²) in [6, 6.07) is 5.74. The van der Waals surface area contributed by atoms with Crippen molar-refractivity contribution in [1.29, 1.82) is 0 Å². The predicted octanol–water partition coefficient (Wildman–Crippen LogP) is 3.71. The molecule has 1 aromatic carbocycles. The van der Waals surface area contributed by atoms with Gasteiger partial charge in [-0.2, -0.15) is 0 Å². The van der Waals surface area contributed by atoms with E-state index in [9.17, 15) is 9.90 Å². The number of methoxy groups -OCH3 is 1. The Morgan fingerprint density at radius 1 is 1.43 bits per heavy atom. The molecule has 0 amide bonds. The summed E-state index contributed by atoms with van der Waals surface area (Å²) in [5, 5.41) is 10.7. The first kappa shape index (κ1) is 16.3. The number of hydrogen-bond acceptors (Lipinski definition) is 3. The molecular weight excluding hydrogens is 288 g/mol. The van der Waals surface area contributed by atoms with Gasteiger partial charge < -0.3 is 9.84 Å². The summed E-state index contributed by atoms with van der Waals surface area (Å²) < 4.78 is 4.76. The van der Waals surface area contributed by atoms with Gasteiger partial charge in [0.05, 0.1) is 19.1 Å². The molecular formula is C17H23ClO3. The van der Waals surface area contributed by atoms with Crippen LogP contribution in [0.3, 0.4) is 0 Å². The quantitative estimate of drug-likeness (QED) is 0.862. The first-order chi connectivity index (χ1) is 10.0. The zero-order valence-electron chi connectivity index (χ0n) is 12.6. The highest BCUT2D eigenvalue weighted by atomic mass is 35.5. The third kappa shape index (κ3) is 3.98. The van der Waals surface area contributed by atoms with Gasteiger partial charge in [-0.1, -0.05) is 36.6 Å². The van der Waals surface area contributed by atoms with Gasteiger partial charge in [-0.15, -0.1) is 0 Å². The summed E-state index contributed by atoms with van der Waals surface area (Å²) in [7, 11) is 1.39. The summed E-state index contributed by atoms with van der Waals surface area (Å²) in [6.07, 6.45) is 4.81. The second-order valence-corrected chi connectivity index (χ2v) is 6.32. The predicted molar refractivity (Wildman–Crippen MR) is 83.6 cm³/mol. The highest BCUT2D eigenvalue weighted by Gasteiger charge is 2.24. The van der Waals surface area contributed by atoms with E-state index in [1.54, 1.807) is 0 Å². The van der Waals surface area contributed by atoms with E-state index in [0.717, 1.165) is 36.8 Å². The highest BCUT2D eigenvalue weighted by Crippen LogP contribution is 2.31. The van der Waals surface area contributed by atoms with Crippen molar-refractivity contribution in [2.45, 2.75) is 51.0 Å². The fraction of sp³-hybridized carbons (Fsp3) is 0.588. The number of carbonyl (C=O) groups is 1. The minimum absolute atomic E-state index is 0.219. The van der Waals surface area contributed by atoms with Crippen LogP contribution in [0.25, 0.3) is 0 Å². The maximum absolute atomic E-state index is 11.6. The molecule has 1 aliphatic carbocycles. The molecule has 116 valence electrons. The van der Waals surface area contributed by atoms with E-state index < -0.39 is 0 Å². The van der Waals surface area contributed by atoms with Gasteiger partial charge in [0.2, 0.25) is 0 Å². The molecule has 0 spiro atoms.